The molecule has 0 fully saturated rings. The van der Waals surface area contributed by atoms with E-state index in [-0.39, 0.29) is 88.7 Å². The van der Waals surface area contributed by atoms with E-state index in [1.54, 1.807) is 0 Å². The summed E-state index contributed by atoms with van der Waals surface area (Å²) in [6.45, 7) is 0. The topological polar surface area (TPSA) is 172 Å². The van der Waals surface area contributed by atoms with Crippen LogP contribution in [0.15, 0.2) is 20.8 Å². The molecule has 0 spiro atoms. The minimum absolute atomic E-state index is 0. The number of hydrogen-bond donors (Lipinski definition) is 0. The molecule has 0 N–H and O–H groups in total. The Morgan fingerprint density at radius 3 is 1.00 bits per heavy atom. The van der Waals surface area contributed by atoms with Crippen molar-refractivity contribution in [1.82, 2.24) is 0 Å². The van der Waals surface area contributed by atoms with Crippen molar-refractivity contribution in [2.45, 2.75) is 14.7 Å². The quantitative estimate of drug-likeness (QED) is 0.318. The Labute approximate surface area is 208 Å². The van der Waals surface area contributed by atoms with Gasteiger partial charge in [0.1, 0.15) is 30.4 Å². The summed E-state index contributed by atoms with van der Waals surface area (Å²) in [7, 11) is -17.2. The number of halogens is 2. The molecule has 0 saturated carbocycles. The third-order valence-corrected chi connectivity index (χ3v) is 5.68. The van der Waals surface area contributed by atoms with Gasteiger partial charge in [-0.2, -0.15) is 0 Å². The van der Waals surface area contributed by atoms with Gasteiger partial charge in [-0.3, -0.25) is 0 Å². The van der Waals surface area contributed by atoms with Crippen molar-refractivity contribution in [2.24, 2.45) is 0 Å². The van der Waals surface area contributed by atoms with Crippen molar-refractivity contribution in [2.75, 3.05) is 0 Å². The molecule has 0 aliphatic heterocycles. The van der Waals surface area contributed by atoms with Crippen LogP contribution in [-0.4, -0.2) is 38.9 Å². The molecule has 0 aromatic heterocycles. The van der Waals surface area contributed by atoms with Crippen molar-refractivity contribution >= 4 is 53.6 Å². The van der Waals surface area contributed by atoms with E-state index in [2.05, 4.69) is 0 Å². The molecule has 17 heteroatoms. The average molecular weight is 453 g/mol. The van der Waals surface area contributed by atoms with Crippen LogP contribution in [0, 0.1) is 0 Å². The van der Waals surface area contributed by atoms with Gasteiger partial charge >= 0.3 is 88.7 Å². The van der Waals surface area contributed by atoms with Gasteiger partial charge in [0.2, 0.25) is 0 Å². The molecule has 0 unspecified atom stereocenters. The average Bonchev–Trinajstić information content (AvgIpc) is 2.09. The van der Waals surface area contributed by atoms with E-state index in [0.29, 0.717) is 6.07 Å². The van der Waals surface area contributed by atoms with E-state index in [9.17, 15) is 38.9 Å². The Hall–Kier alpha value is 2.53. The molecule has 1 aromatic carbocycles. The van der Waals surface area contributed by atoms with Crippen LogP contribution >= 0.6 is 23.2 Å². The van der Waals surface area contributed by atoms with E-state index < -0.39 is 55.1 Å². The first-order chi connectivity index (χ1) is 8.67. The minimum Gasteiger partial charge on any atom is -0.744 e. The fraction of sp³-hybridized carbons (Fsp3) is 0. The summed E-state index contributed by atoms with van der Waals surface area (Å²) in [5.41, 5.74) is 0. The summed E-state index contributed by atoms with van der Waals surface area (Å²) in [4.78, 5) is -5.76. The van der Waals surface area contributed by atoms with Crippen LogP contribution in [0.1, 0.15) is 0 Å². The Morgan fingerprint density at radius 2 is 0.826 bits per heavy atom. The molecule has 23 heavy (non-hydrogen) atoms. The van der Waals surface area contributed by atoms with Crippen molar-refractivity contribution in [3.05, 3.63) is 16.1 Å². The first-order valence-electron chi connectivity index (χ1n) is 4.07. The molecule has 0 radical (unpaired) electrons. The molecule has 0 amide bonds. The van der Waals surface area contributed by atoms with E-state index >= 15 is 0 Å². The van der Waals surface area contributed by atoms with Gasteiger partial charge in [0.05, 0.1) is 24.7 Å². The summed E-state index contributed by atoms with van der Waals surface area (Å²) in [6.07, 6.45) is 0. The molecular weight excluding hydrogens is 452 g/mol. The second-order valence-electron chi connectivity index (χ2n) is 3.19. The molecule has 9 nitrogen and oxygen atoms in total. The predicted octanol–water partition coefficient (Wildman–Crippen LogP) is -9.28. The standard InChI is InChI=1S/C6H4Cl2O9S3.3Na/c7-2-1-3(8)5(19(12,13)14)6(20(15,16)17)4(2)18(9,10)11;;;/h1H,(H,9,10,11)(H,12,13,14)(H,15,16,17);;;/q;3*+1/p-3. The SMILES string of the molecule is O=S(=O)([O-])c1c(Cl)cc(Cl)c(S(=O)(=O)[O-])c1S(=O)(=O)[O-].[Na+].[Na+].[Na+]. The van der Waals surface area contributed by atoms with Crippen LogP contribution < -0.4 is 88.7 Å². The van der Waals surface area contributed by atoms with Crippen LogP contribution in [0.4, 0.5) is 0 Å². The van der Waals surface area contributed by atoms with Gasteiger partial charge in [-0.05, 0) is 6.07 Å². The zero-order valence-electron chi connectivity index (χ0n) is 11.7. The van der Waals surface area contributed by atoms with E-state index in [1.807, 2.05) is 0 Å². The fourth-order valence-corrected chi connectivity index (χ4v) is 5.61. The van der Waals surface area contributed by atoms with Crippen molar-refractivity contribution < 1.29 is 128 Å². The van der Waals surface area contributed by atoms with Gasteiger partial charge in [0.15, 0.2) is 0 Å². The summed E-state index contributed by atoms with van der Waals surface area (Å²) < 4.78 is 98.5. The van der Waals surface area contributed by atoms with E-state index in [1.165, 1.54) is 0 Å². The largest absolute Gasteiger partial charge is 1.00 e. The predicted molar refractivity (Wildman–Crippen MR) is 60.4 cm³/mol. The zero-order valence-corrected chi connectivity index (χ0v) is 21.7. The fourth-order valence-electron chi connectivity index (χ4n) is 1.26. The van der Waals surface area contributed by atoms with Gasteiger partial charge < -0.3 is 13.7 Å². The summed E-state index contributed by atoms with van der Waals surface area (Å²) in [6, 6.07) is 0.355. The molecule has 0 aliphatic carbocycles. The monoisotopic (exact) mass is 452 g/mol. The van der Waals surface area contributed by atoms with Crippen molar-refractivity contribution in [3.8, 4) is 0 Å². The summed E-state index contributed by atoms with van der Waals surface area (Å²) in [5, 5.41) is -2.21. The number of benzene rings is 1. The summed E-state index contributed by atoms with van der Waals surface area (Å²) >= 11 is 10.6. The molecule has 0 heterocycles. The molecular formula is C6HCl2Na3O9S3. The van der Waals surface area contributed by atoms with Crippen LogP contribution in [0.2, 0.25) is 10.0 Å². The normalized spacial score (nSPS) is 11.7. The Morgan fingerprint density at radius 1 is 0.609 bits per heavy atom. The Kier molecular flexibility index (Phi) is 13.4. The molecule has 0 bridgehead atoms. The Bertz CT molecular complexity index is 839. The van der Waals surface area contributed by atoms with Gasteiger partial charge in [0, 0.05) is 0 Å². The van der Waals surface area contributed by atoms with E-state index in [0.717, 1.165) is 0 Å². The Balaban J connectivity index is -0.00000133. The van der Waals surface area contributed by atoms with Crippen LogP contribution in [0.5, 0.6) is 0 Å². The molecule has 0 atom stereocenters. The van der Waals surface area contributed by atoms with Crippen LogP contribution in [0.25, 0.3) is 0 Å². The first kappa shape index (κ1) is 30.3. The van der Waals surface area contributed by atoms with E-state index in [4.69, 9.17) is 23.2 Å². The number of hydrogen-bond acceptors (Lipinski definition) is 9. The molecule has 0 aliphatic rings. The molecule has 1 aromatic rings. The maximum atomic E-state index is 11.0. The molecule has 114 valence electrons. The van der Waals surface area contributed by atoms with Gasteiger partial charge in [-0.25, -0.2) is 25.3 Å². The maximum absolute atomic E-state index is 11.0. The third-order valence-electron chi connectivity index (χ3n) is 1.85. The minimum atomic E-state index is -5.85. The molecule has 1 rings (SSSR count). The van der Waals surface area contributed by atoms with Gasteiger partial charge in [-0.15, -0.1) is 0 Å². The van der Waals surface area contributed by atoms with Crippen LogP contribution in [0.3, 0.4) is 0 Å². The van der Waals surface area contributed by atoms with Crippen molar-refractivity contribution in [1.29, 1.82) is 0 Å². The second-order valence-corrected chi connectivity index (χ2v) is 7.95. The van der Waals surface area contributed by atoms with Crippen molar-refractivity contribution in [3.63, 3.8) is 0 Å². The number of rotatable bonds is 3. The van der Waals surface area contributed by atoms with Gasteiger partial charge in [-0.1, -0.05) is 23.2 Å². The third kappa shape index (κ3) is 7.58. The van der Waals surface area contributed by atoms with Gasteiger partial charge in [0.25, 0.3) is 0 Å². The summed E-state index contributed by atoms with van der Waals surface area (Å²) in [5.74, 6) is 0. The molecule has 0 saturated heterocycles. The zero-order chi connectivity index (χ0) is 16.1. The first-order valence-corrected chi connectivity index (χ1v) is 9.05. The maximum Gasteiger partial charge on any atom is 1.00 e. The van der Waals surface area contributed by atoms with Crippen LogP contribution in [-0.2, 0) is 30.4 Å². The smallest absolute Gasteiger partial charge is 0.744 e. The second kappa shape index (κ2) is 10.2.